The lowest BCUT2D eigenvalue weighted by Crippen LogP contribution is -2.13. The third-order valence-electron chi connectivity index (χ3n) is 1.79. The zero-order valence-electron chi connectivity index (χ0n) is 7.77. The van der Waals surface area contributed by atoms with Gasteiger partial charge in [-0.25, -0.2) is 0 Å². The number of aromatic nitrogens is 3. The molecule has 0 bridgehead atoms. The van der Waals surface area contributed by atoms with Crippen molar-refractivity contribution in [3.63, 3.8) is 0 Å². The minimum Gasteiger partial charge on any atom is -0.395 e. The first kappa shape index (κ1) is 9.27. The lowest BCUT2D eigenvalue weighted by molar-refractivity contribution is 0.0879. The van der Waals surface area contributed by atoms with Gasteiger partial charge in [-0.2, -0.15) is 0 Å². The Morgan fingerprint density at radius 3 is 3.14 bits per heavy atom. The van der Waals surface area contributed by atoms with Crippen molar-refractivity contribution in [3.05, 3.63) is 23.2 Å². The predicted molar refractivity (Wildman–Crippen MR) is 54.3 cm³/mol. The molecule has 0 unspecified atom stereocenters. The Bertz CT molecular complexity index is 441. The van der Waals surface area contributed by atoms with Crippen molar-refractivity contribution in [1.29, 1.82) is 0 Å². The lowest BCUT2D eigenvalue weighted by Gasteiger charge is -2.02. The van der Waals surface area contributed by atoms with E-state index >= 15 is 0 Å². The lowest BCUT2D eigenvalue weighted by atomic mass is 10.3. The highest BCUT2D eigenvalue weighted by Crippen LogP contribution is 2.15. The smallest absolute Gasteiger partial charge is 0.130 e. The summed E-state index contributed by atoms with van der Waals surface area (Å²) in [4.78, 5) is 6.77. The summed E-state index contributed by atoms with van der Waals surface area (Å²) in [5.74, 6) is 0. The van der Waals surface area contributed by atoms with Crippen LogP contribution in [0.5, 0.6) is 0 Å². The van der Waals surface area contributed by atoms with Crippen molar-refractivity contribution >= 4 is 22.6 Å². The molecule has 0 saturated heterocycles. The van der Waals surface area contributed by atoms with Crippen LogP contribution in [0.4, 0.5) is 0 Å². The number of halogens is 1. The number of hydrogen-bond donors (Lipinski definition) is 0. The Morgan fingerprint density at radius 2 is 2.36 bits per heavy atom. The average molecular weight is 212 g/mol. The van der Waals surface area contributed by atoms with Crippen LogP contribution in [0.25, 0.3) is 11.0 Å². The van der Waals surface area contributed by atoms with Gasteiger partial charge in [-0.05, 0) is 29.8 Å². The molecule has 0 atom stereocenters. The average Bonchev–Trinajstić information content (AvgIpc) is 2.57. The summed E-state index contributed by atoms with van der Waals surface area (Å²) in [5, 5.41) is 8.45. The highest BCUT2D eigenvalue weighted by atomic mass is 35.5. The summed E-state index contributed by atoms with van der Waals surface area (Å²) >= 11 is 5.81. The molecule has 0 amide bonds. The molecule has 0 radical (unpaired) electrons. The van der Waals surface area contributed by atoms with Gasteiger partial charge in [0.1, 0.15) is 17.6 Å². The van der Waals surface area contributed by atoms with E-state index in [0.717, 1.165) is 17.5 Å². The Morgan fingerprint density at radius 1 is 1.50 bits per heavy atom. The number of rotatable bonds is 3. The minimum absolute atomic E-state index is 0.626. The third-order valence-corrected chi connectivity index (χ3v) is 2.03. The van der Waals surface area contributed by atoms with Crippen LogP contribution in [0.15, 0.2) is 18.2 Å². The molecule has 74 valence electrons. The van der Waals surface area contributed by atoms with Crippen LogP contribution in [0.2, 0.25) is 5.02 Å². The molecule has 0 aliphatic heterocycles. The summed E-state index contributed by atoms with van der Waals surface area (Å²) in [7, 11) is 0. The first-order valence-corrected chi connectivity index (χ1v) is 4.83. The molecule has 0 aliphatic rings. The van der Waals surface area contributed by atoms with Crippen molar-refractivity contribution in [2.45, 2.75) is 13.3 Å². The molecule has 1 aromatic carbocycles. The summed E-state index contributed by atoms with van der Waals surface area (Å²) < 4.78 is 0. The molecule has 0 fully saturated rings. The van der Waals surface area contributed by atoms with Gasteiger partial charge in [-0.1, -0.05) is 23.4 Å². The molecule has 2 aromatic rings. The molecule has 5 heteroatoms. The van der Waals surface area contributed by atoms with E-state index in [1.165, 1.54) is 4.85 Å². The van der Waals surface area contributed by atoms with Crippen LogP contribution in [-0.2, 0) is 0 Å². The van der Waals surface area contributed by atoms with Crippen molar-refractivity contribution in [2.75, 3.05) is 6.61 Å². The second-order valence-corrected chi connectivity index (χ2v) is 3.37. The van der Waals surface area contributed by atoms with Crippen LogP contribution in [-0.4, -0.2) is 21.8 Å². The quantitative estimate of drug-likeness (QED) is 0.779. The standard InChI is InChI=1S/C9H10ClN3O/c1-2-5-14-13-9-4-3-7(10)6-8(9)11-12-13/h3-4,6H,2,5H2,1H3. The first-order valence-electron chi connectivity index (χ1n) is 4.45. The van der Waals surface area contributed by atoms with Crippen LogP contribution in [0.3, 0.4) is 0 Å². The summed E-state index contributed by atoms with van der Waals surface area (Å²) in [6, 6.07) is 5.39. The molecule has 1 heterocycles. The Kier molecular flexibility index (Phi) is 2.54. The van der Waals surface area contributed by atoms with Crippen LogP contribution in [0, 0.1) is 0 Å². The molecule has 2 rings (SSSR count). The zero-order valence-corrected chi connectivity index (χ0v) is 8.53. The van der Waals surface area contributed by atoms with Crippen molar-refractivity contribution < 1.29 is 4.84 Å². The van der Waals surface area contributed by atoms with E-state index in [-0.39, 0.29) is 0 Å². The first-order chi connectivity index (χ1) is 6.81. The monoisotopic (exact) mass is 211 g/mol. The predicted octanol–water partition coefficient (Wildman–Crippen LogP) is 1.92. The second-order valence-electron chi connectivity index (χ2n) is 2.93. The SMILES string of the molecule is CCCOn1nnc2cc(Cl)ccc21. The minimum atomic E-state index is 0.626. The van der Waals surface area contributed by atoms with Crippen LogP contribution in [0.1, 0.15) is 13.3 Å². The van der Waals surface area contributed by atoms with Gasteiger partial charge >= 0.3 is 0 Å². The van der Waals surface area contributed by atoms with Gasteiger partial charge in [0, 0.05) is 5.02 Å². The van der Waals surface area contributed by atoms with Gasteiger partial charge in [0.25, 0.3) is 0 Å². The summed E-state index contributed by atoms with van der Waals surface area (Å²) in [5.41, 5.74) is 1.58. The van der Waals surface area contributed by atoms with Crippen LogP contribution >= 0.6 is 11.6 Å². The summed E-state index contributed by atoms with van der Waals surface area (Å²) in [6.07, 6.45) is 0.939. The van der Waals surface area contributed by atoms with Crippen LogP contribution < -0.4 is 4.84 Å². The Balaban J connectivity index is 2.37. The van der Waals surface area contributed by atoms with Gasteiger partial charge in [0.2, 0.25) is 0 Å². The molecule has 0 N–H and O–H groups in total. The topological polar surface area (TPSA) is 39.9 Å². The molecule has 0 spiro atoms. The number of benzene rings is 1. The highest BCUT2D eigenvalue weighted by Gasteiger charge is 2.04. The number of nitrogens with zero attached hydrogens (tertiary/aromatic N) is 3. The van der Waals surface area contributed by atoms with Crippen molar-refractivity contribution in [2.24, 2.45) is 0 Å². The maximum atomic E-state index is 5.81. The number of hydrogen-bond acceptors (Lipinski definition) is 3. The fraction of sp³-hybridized carbons (Fsp3) is 0.333. The van der Waals surface area contributed by atoms with E-state index in [1.54, 1.807) is 12.1 Å². The van der Waals surface area contributed by atoms with E-state index in [2.05, 4.69) is 10.3 Å². The van der Waals surface area contributed by atoms with Gasteiger partial charge in [0.05, 0.1) is 0 Å². The van der Waals surface area contributed by atoms with E-state index in [0.29, 0.717) is 11.6 Å². The highest BCUT2D eigenvalue weighted by molar-refractivity contribution is 6.31. The van der Waals surface area contributed by atoms with E-state index in [1.807, 2.05) is 13.0 Å². The Labute approximate surface area is 86.4 Å². The molecule has 14 heavy (non-hydrogen) atoms. The van der Waals surface area contributed by atoms with Gasteiger partial charge in [0.15, 0.2) is 0 Å². The zero-order chi connectivity index (χ0) is 9.97. The van der Waals surface area contributed by atoms with Crippen molar-refractivity contribution in [1.82, 2.24) is 15.2 Å². The van der Waals surface area contributed by atoms with E-state index in [4.69, 9.17) is 16.4 Å². The normalized spacial score (nSPS) is 10.7. The maximum Gasteiger partial charge on any atom is 0.130 e. The molecule has 1 aromatic heterocycles. The number of fused-ring (bicyclic) bond motifs is 1. The fourth-order valence-electron chi connectivity index (χ4n) is 1.15. The van der Waals surface area contributed by atoms with Gasteiger partial charge in [-0.3, -0.25) is 0 Å². The van der Waals surface area contributed by atoms with E-state index < -0.39 is 0 Å². The molecular weight excluding hydrogens is 202 g/mol. The van der Waals surface area contributed by atoms with Crippen molar-refractivity contribution in [3.8, 4) is 0 Å². The van der Waals surface area contributed by atoms with E-state index in [9.17, 15) is 0 Å². The second kappa shape index (κ2) is 3.84. The largest absolute Gasteiger partial charge is 0.395 e. The molecule has 4 nitrogen and oxygen atoms in total. The van der Waals surface area contributed by atoms with Gasteiger partial charge in [-0.15, -0.1) is 5.10 Å². The Hall–Kier alpha value is -1.29. The van der Waals surface area contributed by atoms with Gasteiger partial charge < -0.3 is 4.84 Å². The summed E-state index contributed by atoms with van der Waals surface area (Å²) in [6.45, 7) is 2.66. The fourth-order valence-corrected chi connectivity index (χ4v) is 1.31. The molecular formula is C9H10ClN3O. The molecule has 0 aliphatic carbocycles. The third kappa shape index (κ3) is 1.65. The maximum absolute atomic E-state index is 5.81. The molecule has 0 saturated carbocycles.